The van der Waals surface area contributed by atoms with Crippen LogP contribution in [0.4, 0.5) is 0 Å². The van der Waals surface area contributed by atoms with E-state index in [0.717, 1.165) is 0 Å². The summed E-state index contributed by atoms with van der Waals surface area (Å²) in [4.78, 5) is 0. The summed E-state index contributed by atoms with van der Waals surface area (Å²) in [5.41, 5.74) is 0. The first kappa shape index (κ1) is 35.9. The molecule has 0 aliphatic carbocycles. The minimum atomic E-state index is 0. The predicted molar refractivity (Wildman–Crippen MR) is 14.7 cm³/mol. The molecule has 0 N–H and O–H groups in total. The Labute approximate surface area is 69.1 Å². The van der Waals surface area contributed by atoms with Crippen LogP contribution in [0.5, 0.6) is 0 Å². The molecule has 0 fully saturated rings. The van der Waals surface area contributed by atoms with Crippen molar-refractivity contribution in [3.63, 3.8) is 0 Å². The molecular formula is MoS2Ti+4. The van der Waals surface area contributed by atoms with Crippen LogP contribution in [-0.2, 0) is 69.8 Å². The zero-order valence-electron chi connectivity index (χ0n) is 1.72. The Hall–Kier alpha value is 2.10. The van der Waals surface area contributed by atoms with E-state index in [4.69, 9.17) is 0 Å². The van der Waals surface area contributed by atoms with Crippen molar-refractivity contribution in [3.8, 4) is 0 Å². The largest absolute Gasteiger partial charge is 4.00 e. The van der Waals surface area contributed by atoms with Crippen LogP contribution in [0.3, 0.4) is 0 Å². The second-order valence-corrected chi connectivity index (χ2v) is 0. The quantitative estimate of drug-likeness (QED) is 0.491. The van der Waals surface area contributed by atoms with E-state index in [1.54, 1.807) is 0 Å². The Morgan fingerprint density at radius 1 is 0.750 bits per heavy atom. The van der Waals surface area contributed by atoms with Crippen LogP contribution in [0.2, 0.25) is 0 Å². The molecule has 0 amide bonds. The fourth-order valence-electron chi connectivity index (χ4n) is 0. The fourth-order valence-corrected chi connectivity index (χ4v) is 0. The summed E-state index contributed by atoms with van der Waals surface area (Å²) in [6.45, 7) is 0. The molecule has 0 saturated carbocycles. The summed E-state index contributed by atoms with van der Waals surface area (Å²) in [5.74, 6) is 0. The zero-order chi connectivity index (χ0) is 0. The molecule has 0 rings (SSSR count). The first-order chi connectivity index (χ1) is 0. The van der Waals surface area contributed by atoms with Crippen molar-refractivity contribution < 1.29 is 42.8 Å². The molecule has 0 nitrogen and oxygen atoms in total. The molecule has 4 heteroatoms. The molecule has 0 aromatic carbocycles. The second kappa shape index (κ2) is 19.4. The monoisotopic (exact) mass is 210 g/mol. The van der Waals surface area contributed by atoms with E-state index in [2.05, 4.69) is 0 Å². The third-order valence-corrected chi connectivity index (χ3v) is 0. The molecular weight excluding hydrogens is 208 g/mol. The normalized spacial score (nSPS) is 0. The van der Waals surface area contributed by atoms with Crippen LogP contribution in [0.1, 0.15) is 0 Å². The fraction of sp³-hybridized carbons (Fsp3) is 0. The standard InChI is InChI=1S/Mo.2S.Ti/q+4;2*-2;+4. The van der Waals surface area contributed by atoms with Crippen molar-refractivity contribution in [1.82, 2.24) is 0 Å². The molecule has 0 atom stereocenters. The molecule has 0 aromatic heterocycles. The molecule has 4 heavy (non-hydrogen) atoms. The minimum Gasteiger partial charge on any atom is -2.00 e. The van der Waals surface area contributed by atoms with E-state index in [1.807, 2.05) is 0 Å². The van der Waals surface area contributed by atoms with Crippen molar-refractivity contribution in [3.05, 3.63) is 0 Å². The van der Waals surface area contributed by atoms with Crippen molar-refractivity contribution in [2.75, 3.05) is 0 Å². The van der Waals surface area contributed by atoms with Crippen LogP contribution in [0.15, 0.2) is 0 Å². The minimum absolute atomic E-state index is 0. The summed E-state index contributed by atoms with van der Waals surface area (Å²) in [7, 11) is 0. The van der Waals surface area contributed by atoms with Gasteiger partial charge in [-0.05, 0) is 0 Å². The van der Waals surface area contributed by atoms with E-state index in [-0.39, 0.29) is 69.8 Å². The van der Waals surface area contributed by atoms with Crippen molar-refractivity contribution in [2.24, 2.45) is 0 Å². The van der Waals surface area contributed by atoms with Crippen LogP contribution in [-0.4, -0.2) is 0 Å². The second-order valence-electron chi connectivity index (χ2n) is 0. The predicted octanol–water partition coefficient (Wildman–Crippen LogP) is -0.00980. The summed E-state index contributed by atoms with van der Waals surface area (Å²) in [6.07, 6.45) is 0. The summed E-state index contributed by atoms with van der Waals surface area (Å²) in [6, 6.07) is 0. The maximum Gasteiger partial charge on any atom is 4.00 e. The molecule has 18 valence electrons. The van der Waals surface area contributed by atoms with E-state index in [0.29, 0.717) is 0 Å². The van der Waals surface area contributed by atoms with Crippen LogP contribution >= 0.6 is 0 Å². The average Bonchev–Trinajstić information content (AvgIpc) is 0. The molecule has 0 aliphatic heterocycles. The van der Waals surface area contributed by atoms with Gasteiger partial charge >= 0.3 is 42.8 Å². The first-order valence-electron chi connectivity index (χ1n) is 0. The van der Waals surface area contributed by atoms with Crippen LogP contribution in [0.25, 0.3) is 0 Å². The average molecular weight is 208 g/mol. The molecule has 0 aliphatic rings. The number of hydrogen-bond acceptors (Lipinski definition) is 0. The molecule has 0 aromatic rings. The molecule has 0 bridgehead atoms. The van der Waals surface area contributed by atoms with Gasteiger partial charge in [-0.3, -0.25) is 0 Å². The molecule has 0 saturated heterocycles. The van der Waals surface area contributed by atoms with Gasteiger partial charge in [-0.15, -0.1) is 0 Å². The van der Waals surface area contributed by atoms with Gasteiger partial charge in [0.15, 0.2) is 0 Å². The van der Waals surface area contributed by atoms with E-state index >= 15 is 0 Å². The third-order valence-electron chi connectivity index (χ3n) is 0. The summed E-state index contributed by atoms with van der Waals surface area (Å²) >= 11 is 0. The third kappa shape index (κ3) is 8.93. The Morgan fingerprint density at radius 2 is 0.750 bits per heavy atom. The van der Waals surface area contributed by atoms with Crippen molar-refractivity contribution >= 4 is 27.0 Å². The topological polar surface area (TPSA) is 0 Å². The van der Waals surface area contributed by atoms with Gasteiger partial charge in [0.2, 0.25) is 0 Å². The Balaban J connectivity index is 0. The summed E-state index contributed by atoms with van der Waals surface area (Å²) < 4.78 is 0. The van der Waals surface area contributed by atoms with Gasteiger partial charge in [-0.2, -0.15) is 0 Å². The van der Waals surface area contributed by atoms with Gasteiger partial charge in [-0.25, -0.2) is 0 Å². The van der Waals surface area contributed by atoms with E-state index in [9.17, 15) is 0 Å². The molecule has 0 heterocycles. The maximum atomic E-state index is 0. The van der Waals surface area contributed by atoms with E-state index in [1.165, 1.54) is 0 Å². The SMILES string of the molecule is [Mo+4].[S-2].[S-2].[Ti+4]. The number of hydrogen-bond donors (Lipinski definition) is 0. The molecule has 0 unspecified atom stereocenters. The Morgan fingerprint density at radius 3 is 0.750 bits per heavy atom. The van der Waals surface area contributed by atoms with Gasteiger partial charge in [0, 0.05) is 0 Å². The molecule has 0 spiro atoms. The van der Waals surface area contributed by atoms with Crippen LogP contribution in [0, 0.1) is 0 Å². The van der Waals surface area contributed by atoms with Crippen LogP contribution < -0.4 is 0 Å². The van der Waals surface area contributed by atoms with Gasteiger partial charge in [0.25, 0.3) is 0 Å². The first-order valence-corrected chi connectivity index (χ1v) is 0. The van der Waals surface area contributed by atoms with Crippen molar-refractivity contribution in [2.45, 2.75) is 0 Å². The van der Waals surface area contributed by atoms with Gasteiger partial charge < -0.3 is 27.0 Å². The van der Waals surface area contributed by atoms with Gasteiger partial charge in [0.05, 0.1) is 0 Å². The summed E-state index contributed by atoms with van der Waals surface area (Å²) in [5, 5.41) is 0. The van der Waals surface area contributed by atoms with Gasteiger partial charge in [0.1, 0.15) is 0 Å². The molecule has 0 radical (unpaired) electrons. The van der Waals surface area contributed by atoms with Gasteiger partial charge in [-0.1, -0.05) is 0 Å². The maximum absolute atomic E-state index is 0. The smallest absolute Gasteiger partial charge is 2.00 e. The Bertz CT molecular complexity index is 6.00. The zero-order valence-corrected chi connectivity index (χ0v) is 6.93. The van der Waals surface area contributed by atoms with Crippen molar-refractivity contribution in [1.29, 1.82) is 0 Å². The number of rotatable bonds is 0. The Kier molecular flexibility index (Phi) is 175. The van der Waals surface area contributed by atoms with E-state index < -0.39 is 0 Å².